The Morgan fingerprint density at radius 3 is 2.75 bits per heavy atom. The quantitative estimate of drug-likeness (QED) is 0.802. The van der Waals surface area contributed by atoms with Crippen molar-refractivity contribution in [2.45, 2.75) is 26.4 Å². The summed E-state index contributed by atoms with van der Waals surface area (Å²) in [6.45, 7) is 6.56. The van der Waals surface area contributed by atoms with Crippen LogP contribution in [-0.4, -0.2) is 36.4 Å². The van der Waals surface area contributed by atoms with Crippen molar-refractivity contribution in [3.8, 4) is 11.8 Å². The second kappa shape index (κ2) is 7.68. The third kappa shape index (κ3) is 5.04. The summed E-state index contributed by atoms with van der Waals surface area (Å²) < 4.78 is 5.53. The molecule has 0 unspecified atom stereocenters. The van der Waals surface area contributed by atoms with Gasteiger partial charge in [0.15, 0.2) is 0 Å². The molecular weight excluding hydrogens is 254 g/mol. The van der Waals surface area contributed by atoms with Crippen molar-refractivity contribution >= 4 is 5.91 Å². The monoisotopic (exact) mass is 275 g/mol. The van der Waals surface area contributed by atoms with Crippen LogP contribution in [0, 0.1) is 11.8 Å². The Hall–Kier alpha value is -1.83. The van der Waals surface area contributed by atoms with E-state index in [1.54, 1.807) is 18.2 Å². The average molecular weight is 275 g/mol. The molecule has 20 heavy (non-hydrogen) atoms. The smallest absolute Gasteiger partial charge is 0.252 e. The van der Waals surface area contributed by atoms with Crippen molar-refractivity contribution in [3.05, 3.63) is 35.4 Å². The fourth-order valence-corrected chi connectivity index (χ4v) is 1.76. The molecule has 0 bridgehead atoms. The molecule has 4 nitrogen and oxygen atoms in total. The van der Waals surface area contributed by atoms with Crippen LogP contribution in [0.15, 0.2) is 24.3 Å². The normalized spacial score (nSPS) is 10.6. The van der Waals surface area contributed by atoms with Crippen LogP contribution < -0.4 is 5.32 Å². The number of carbonyl (C=O) groups is 1. The van der Waals surface area contributed by atoms with Crippen molar-refractivity contribution in [3.63, 3.8) is 0 Å². The van der Waals surface area contributed by atoms with E-state index in [1.807, 2.05) is 26.8 Å². The van der Waals surface area contributed by atoms with Crippen molar-refractivity contribution in [1.82, 2.24) is 5.32 Å². The van der Waals surface area contributed by atoms with E-state index in [1.165, 1.54) is 0 Å². The van der Waals surface area contributed by atoms with E-state index in [-0.39, 0.29) is 12.5 Å². The minimum Gasteiger partial charge on any atom is -0.384 e. The van der Waals surface area contributed by atoms with Crippen LogP contribution in [0.3, 0.4) is 0 Å². The lowest BCUT2D eigenvalue weighted by molar-refractivity contribution is -0.00815. The standard InChI is InChI=1S/C16H21NO3/c1-4-20-16(2,3)12-17-15(19)14-10-6-5-8-13(14)9-7-11-18/h5-6,8,10,18H,4,11-12H2,1-3H3,(H,17,19). The van der Waals surface area contributed by atoms with Crippen LogP contribution in [0.2, 0.25) is 0 Å². The van der Waals surface area contributed by atoms with Crippen LogP contribution in [0.5, 0.6) is 0 Å². The molecule has 1 amide bonds. The first-order valence-corrected chi connectivity index (χ1v) is 6.61. The Morgan fingerprint density at radius 1 is 1.40 bits per heavy atom. The summed E-state index contributed by atoms with van der Waals surface area (Å²) in [5.41, 5.74) is 0.699. The van der Waals surface area contributed by atoms with E-state index in [4.69, 9.17) is 9.84 Å². The van der Waals surface area contributed by atoms with Crippen LogP contribution in [0.25, 0.3) is 0 Å². The minimum atomic E-state index is -0.407. The number of carbonyl (C=O) groups excluding carboxylic acids is 1. The molecule has 0 aliphatic rings. The summed E-state index contributed by atoms with van der Waals surface area (Å²) in [6.07, 6.45) is 0. The van der Waals surface area contributed by atoms with Crippen molar-refractivity contribution in [1.29, 1.82) is 0 Å². The van der Waals surface area contributed by atoms with E-state index < -0.39 is 5.60 Å². The lowest BCUT2D eigenvalue weighted by atomic mass is 10.1. The third-order valence-electron chi connectivity index (χ3n) is 2.68. The van der Waals surface area contributed by atoms with Crippen molar-refractivity contribution in [2.24, 2.45) is 0 Å². The minimum absolute atomic E-state index is 0.194. The van der Waals surface area contributed by atoms with Gasteiger partial charge in [-0.25, -0.2) is 0 Å². The van der Waals surface area contributed by atoms with Crippen LogP contribution >= 0.6 is 0 Å². The topological polar surface area (TPSA) is 58.6 Å². The van der Waals surface area contributed by atoms with Gasteiger partial charge >= 0.3 is 0 Å². The lowest BCUT2D eigenvalue weighted by Crippen LogP contribution is -2.40. The first-order valence-electron chi connectivity index (χ1n) is 6.61. The summed E-state index contributed by atoms with van der Waals surface area (Å²) in [6, 6.07) is 7.06. The van der Waals surface area contributed by atoms with Gasteiger partial charge in [0.2, 0.25) is 0 Å². The number of aliphatic hydroxyl groups is 1. The number of hydrogen-bond acceptors (Lipinski definition) is 3. The zero-order valence-electron chi connectivity index (χ0n) is 12.2. The molecule has 108 valence electrons. The number of ether oxygens (including phenoxy) is 1. The second-order valence-corrected chi connectivity index (χ2v) is 4.88. The molecule has 1 aromatic carbocycles. The van der Waals surface area contributed by atoms with E-state index in [0.29, 0.717) is 24.3 Å². The van der Waals surface area contributed by atoms with Crippen LogP contribution in [-0.2, 0) is 4.74 Å². The maximum absolute atomic E-state index is 12.2. The fourth-order valence-electron chi connectivity index (χ4n) is 1.76. The number of nitrogens with one attached hydrogen (secondary N) is 1. The van der Waals surface area contributed by atoms with Gasteiger partial charge in [-0.3, -0.25) is 4.79 Å². The lowest BCUT2D eigenvalue weighted by Gasteiger charge is -2.25. The van der Waals surface area contributed by atoms with Gasteiger partial charge in [0, 0.05) is 18.7 Å². The molecule has 0 saturated carbocycles. The molecule has 0 aliphatic heterocycles. The highest BCUT2D eigenvalue weighted by Crippen LogP contribution is 2.10. The number of hydrogen-bond donors (Lipinski definition) is 2. The summed E-state index contributed by atoms with van der Waals surface area (Å²) in [5.74, 6) is 5.13. The van der Waals surface area contributed by atoms with E-state index in [2.05, 4.69) is 17.2 Å². The van der Waals surface area contributed by atoms with Gasteiger partial charge in [0.1, 0.15) is 6.61 Å². The van der Waals surface area contributed by atoms with Gasteiger partial charge in [0.05, 0.1) is 11.2 Å². The highest BCUT2D eigenvalue weighted by atomic mass is 16.5. The Morgan fingerprint density at radius 2 is 2.10 bits per heavy atom. The first kappa shape index (κ1) is 16.2. The maximum atomic E-state index is 12.2. The Balaban J connectivity index is 2.78. The molecule has 0 radical (unpaired) electrons. The van der Waals surface area contributed by atoms with Gasteiger partial charge in [-0.2, -0.15) is 0 Å². The van der Waals surface area contributed by atoms with Gasteiger partial charge < -0.3 is 15.2 Å². The number of aliphatic hydroxyl groups excluding tert-OH is 1. The van der Waals surface area contributed by atoms with Gasteiger partial charge in [0.25, 0.3) is 5.91 Å². The largest absolute Gasteiger partial charge is 0.384 e. The van der Waals surface area contributed by atoms with Crippen LogP contribution in [0.1, 0.15) is 36.7 Å². The average Bonchev–Trinajstić information content (AvgIpc) is 2.43. The first-order chi connectivity index (χ1) is 9.50. The molecule has 0 aromatic heterocycles. The summed E-state index contributed by atoms with van der Waals surface area (Å²) in [7, 11) is 0. The Bertz CT molecular complexity index is 512. The third-order valence-corrected chi connectivity index (χ3v) is 2.68. The maximum Gasteiger partial charge on any atom is 0.252 e. The molecular formula is C16H21NO3. The van der Waals surface area contributed by atoms with Gasteiger partial charge in [-0.05, 0) is 32.9 Å². The number of rotatable bonds is 5. The van der Waals surface area contributed by atoms with E-state index >= 15 is 0 Å². The summed E-state index contributed by atoms with van der Waals surface area (Å²) in [5, 5.41) is 11.6. The summed E-state index contributed by atoms with van der Waals surface area (Å²) in [4.78, 5) is 12.2. The highest BCUT2D eigenvalue weighted by molar-refractivity contribution is 5.96. The second-order valence-electron chi connectivity index (χ2n) is 4.88. The van der Waals surface area contributed by atoms with Gasteiger partial charge in [-0.15, -0.1) is 0 Å². The molecule has 1 rings (SSSR count). The molecule has 2 N–H and O–H groups in total. The molecule has 0 aliphatic carbocycles. The van der Waals surface area contributed by atoms with Crippen LogP contribution in [0.4, 0.5) is 0 Å². The number of amides is 1. The molecule has 0 spiro atoms. The van der Waals surface area contributed by atoms with Gasteiger partial charge in [-0.1, -0.05) is 24.0 Å². The zero-order valence-corrected chi connectivity index (χ0v) is 12.2. The molecule has 0 saturated heterocycles. The SMILES string of the molecule is CCOC(C)(C)CNC(=O)c1ccccc1C#CCO. The highest BCUT2D eigenvalue weighted by Gasteiger charge is 2.19. The molecule has 0 heterocycles. The zero-order chi connectivity index (χ0) is 15.0. The molecule has 1 aromatic rings. The van der Waals surface area contributed by atoms with Crippen molar-refractivity contribution in [2.75, 3.05) is 19.8 Å². The summed E-state index contributed by atoms with van der Waals surface area (Å²) >= 11 is 0. The Labute approximate surface area is 120 Å². The molecule has 0 fully saturated rings. The van der Waals surface area contributed by atoms with E-state index in [9.17, 15) is 4.79 Å². The molecule has 4 heteroatoms. The number of benzene rings is 1. The molecule has 0 atom stereocenters. The Kier molecular flexibility index (Phi) is 6.23. The predicted molar refractivity (Wildman–Crippen MR) is 78.4 cm³/mol. The fraction of sp³-hybridized carbons (Fsp3) is 0.438. The van der Waals surface area contributed by atoms with Crippen molar-refractivity contribution < 1.29 is 14.6 Å². The van der Waals surface area contributed by atoms with E-state index in [0.717, 1.165) is 0 Å². The predicted octanol–water partition coefficient (Wildman–Crippen LogP) is 1.58.